The van der Waals surface area contributed by atoms with E-state index in [4.69, 9.17) is 0 Å². The molecule has 8 aromatic rings. The monoisotopic (exact) mass is 651 g/mol. The van der Waals surface area contributed by atoms with E-state index in [-0.39, 0.29) is 11.8 Å². The normalized spacial score (nSPS) is 12.8. The molecule has 0 spiro atoms. The van der Waals surface area contributed by atoms with Crippen molar-refractivity contribution in [2.24, 2.45) is 0 Å². The minimum absolute atomic E-state index is 0.363. The van der Waals surface area contributed by atoms with Gasteiger partial charge in [-0.1, -0.05) is 72.8 Å². The predicted molar refractivity (Wildman–Crippen MR) is 206 cm³/mol. The van der Waals surface area contributed by atoms with Crippen LogP contribution in [0, 0.1) is 13.8 Å². The number of amides is 2. The number of rotatable bonds is 5. The zero-order valence-electron chi connectivity index (χ0n) is 28.2. The fourth-order valence-electron chi connectivity index (χ4n) is 8.50. The van der Waals surface area contributed by atoms with Gasteiger partial charge >= 0.3 is 0 Å². The van der Waals surface area contributed by atoms with Crippen LogP contribution in [0.25, 0.3) is 64.6 Å². The van der Waals surface area contributed by atoms with Gasteiger partial charge < -0.3 is 10.2 Å². The number of hydrogen-bond donors (Lipinski definition) is 2. The van der Waals surface area contributed by atoms with E-state index in [1.165, 1.54) is 0 Å². The molecule has 1 aliphatic rings. The second-order valence-corrected chi connectivity index (χ2v) is 13.4. The lowest BCUT2D eigenvalue weighted by molar-refractivity contribution is 0.0844. The van der Waals surface area contributed by atoms with E-state index in [9.17, 15) is 14.4 Å². The summed E-state index contributed by atoms with van der Waals surface area (Å²) in [6, 6.07) is 33.1. The van der Waals surface area contributed by atoms with E-state index >= 15 is 0 Å². The second-order valence-electron chi connectivity index (χ2n) is 13.4. The lowest BCUT2D eigenvalue weighted by atomic mass is 9.83. The first kappa shape index (κ1) is 29.8. The minimum Gasteiger partial charge on any atom is -0.386 e. The molecular formula is C44H33N3O3. The van der Waals surface area contributed by atoms with Crippen LogP contribution in [0.1, 0.15) is 47.8 Å². The van der Waals surface area contributed by atoms with Crippen LogP contribution >= 0.6 is 0 Å². The molecule has 2 amide bonds. The molecule has 2 bridgehead atoms. The number of fused-ring (bicyclic) bond motifs is 5. The Hall–Kier alpha value is -6.27. The van der Waals surface area contributed by atoms with E-state index in [1.807, 2.05) is 49.5 Å². The number of benzene rings is 7. The first-order valence-corrected chi connectivity index (χ1v) is 16.8. The van der Waals surface area contributed by atoms with Gasteiger partial charge in [-0.05, 0) is 114 Å². The number of carbonyl (C=O) groups is 3. The Labute approximate surface area is 288 Å². The summed E-state index contributed by atoms with van der Waals surface area (Å²) in [5.41, 5.74) is 7.04. The SMILES string of the molecule is CNc1ccccc1N(C)Cc1ccc(C)c2ccc3c4ccc5c6c(ccc(c7ccc(c8ccc(C=O)c1c8C)c2c37)c64)C(=O)NC5=O. The lowest BCUT2D eigenvalue weighted by Crippen LogP contribution is -2.34. The maximum Gasteiger partial charge on any atom is 0.258 e. The molecule has 50 heavy (non-hydrogen) atoms. The Morgan fingerprint density at radius 1 is 0.620 bits per heavy atom. The van der Waals surface area contributed by atoms with Crippen LogP contribution in [0.5, 0.6) is 0 Å². The molecule has 6 heteroatoms. The number of imide groups is 1. The van der Waals surface area contributed by atoms with Gasteiger partial charge in [-0.2, -0.15) is 0 Å². The first-order valence-electron chi connectivity index (χ1n) is 16.8. The van der Waals surface area contributed by atoms with Crippen molar-refractivity contribution < 1.29 is 14.4 Å². The van der Waals surface area contributed by atoms with Gasteiger partial charge in [0.05, 0.1) is 11.4 Å². The van der Waals surface area contributed by atoms with Gasteiger partial charge in [-0.3, -0.25) is 19.7 Å². The number of aryl methyl sites for hydroxylation is 2. The largest absolute Gasteiger partial charge is 0.386 e. The molecule has 0 unspecified atom stereocenters. The molecule has 0 atom stereocenters. The zero-order valence-corrected chi connectivity index (χ0v) is 28.2. The fraction of sp³-hybridized carbons (Fsp3) is 0.114. The van der Waals surface area contributed by atoms with Gasteiger partial charge in [0.2, 0.25) is 0 Å². The molecule has 1 aliphatic heterocycles. The lowest BCUT2D eigenvalue weighted by Gasteiger charge is -2.24. The number of nitrogens with zero attached hydrogens (tertiary/aromatic N) is 1. The van der Waals surface area contributed by atoms with E-state index in [0.29, 0.717) is 23.2 Å². The summed E-state index contributed by atoms with van der Waals surface area (Å²) in [6.07, 6.45) is 0.965. The summed E-state index contributed by atoms with van der Waals surface area (Å²) in [5, 5.41) is 18.2. The van der Waals surface area contributed by atoms with Crippen LogP contribution in [0.4, 0.5) is 11.4 Å². The molecule has 242 valence electrons. The van der Waals surface area contributed by atoms with Gasteiger partial charge in [0, 0.05) is 42.7 Å². The molecule has 0 saturated heterocycles. The van der Waals surface area contributed by atoms with Gasteiger partial charge in [0.15, 0.2) is 6.29 Å². The summed E-state index contributed by atoms with van der Waals surface area (Å²) < 4.78 is 0. The van der Waals surface area contributed by atoms with Crippen LogP contribution in [-0.4, -0.2) is 32.2 Å². The molecule has 0 aromatic heterocycles. The van der Waals surface area contributed by atoms with Crippen molar-refractivity contribution in [1.82, 2.24) is 5.32 Å². The molecule has 0 saturated carbocycles. The average Bonchev–Trinajstić information content (AvgIpc) is 3.13. The van der Waals surface area contributed by atoms with Crippen LogP contribution in [0.15, 0.2) is 97.1 Å². The first-order chi connectivity index (χ1) is 24.3. The van der Waals surface area contributed by atoms with Crippen LogP contribution < -0.4 is 15.5 Å². The highest BCUT2D eigenvalue weighted by molar-refractivity contribution is 6.41. The van der Waals surface area contributed by atoms with E-state index in [2.05, 4.69) is 91.0 Å². The molecule has 1 heterocycles. The smallest absolute Gasteiger partial charge is 0.258 e. The van der Waals surface area contributed by atoms with Crippen molar-refractivity contribution in [2.45, 2.75) is 20.4 Å². The highest BCUT2D eigenvalue weighted by Gasteiger charge is 2.28. The number of nitrogens with one attached hydrogen (secondary N) is 2. The summed E-state index contributed by atoms with van der Waals surface area (Å²) >= 11 is 0. The third-order valence-corrected chi connectivity index (χ3v) is 10.8. The Morgan fingerprint density at radius 2 is 1.16 bits per heavy atom. The quantitative estimate of drug-likeness (QED) is 0.0839. The number of para-hydroxylation sites is 2. The highest BCUT2D eigenvalue weighted by Crippen LogP contribution is 2.46. The van der Waals surface area contributed by atoms with Crippen molar-refractivity contribution in [1.29, 1.82) is 0 Å². The van der Waals surface area contributed by atoms with Crippen molar-refractivity contribution >= 4 is 94.1 Å². The molecule has 2 N–H and O–H groups in total. The van der Waals surface area contributed by atoms with Crippen molar-refractivity contribution in [2.75, 3.05) is 24.3 Å². The topological polar surface area (TPSA) is 78.5 Å². The van der Waals surface area contributed by atoms with Gasteiger partial charge in [-0.15, -0.1) is 0 Å². The summed E-state index contributed by atoms with van der Waals surface area (Å²) in [5.74, 6) is -0.726. The average molecular weight is 652 g/mol. The highest BCUT2D eigenvalue weighted by atomic mass is 16.2. The van der Waals surface area contributed by atoms with Gasteiger partial charge in [0.1, 0.15) is 0 Å². The zero-order chi connectivity index (χ0) is 34.4. The van der Waals surface area contributed by atoms with Gasteiger partial charge in [-0.25, -0.2) is 0 Å². The van der Waals surface area contributed by atoms with Gasteiger partial charge in [0.25, 0.3) is 11.8 Å². The fourth-order valence-corrected chi connectivity index (χ4v) is 8.50. The third kappa shape index (κ3) is 4.05. The number of carbonyl (C=O) groups excluding carboxylic acids is 3. The standard InChI is InChI=1S/C44H33N3O3/c1-23-9-10-25(21-47(4)37-8-6-5-7-36(37)45-3)38-24(2)28(12-11-26(38)22-48)29-15-16-31-33-18-20-35-42-34(43(49)46-44(35)50)19-17-32(41(33)42)30-14-13-27(23)39(29)40(30)31/h5-20,22,45H,21H2,1-4H3,(H,46,49,50). The summed E-state index contributed by atoms with van der Waals surface area (Å²) in [7, 11) is 4.01. The Morgan fingerprint density at radius 3 is 1.80 bits per heavy atom. The Balaban J connectivity index is 1.41. The minimum atomic E-state index is -0.363. The van der Waals surface area contributed by atoms with E-state index in [0.717, 1.165) is 99.0 Å². The Kier molecular flexibility index (Phi) is 6.49. The van der Waals surface area contributed by atoms with Crippen LogP contribution in [0.2, 0.25) is 0 Å². The number of anilines is 2. The molecule has 8 aromatic carbocycles. The number of aldehydes is 1. The molecule has 0 aliphatic carbocycles. The molecule has 0 fully saturated rings. The van der Waals surface area contributed by atoms with E-state index in [1.54, 1.807) is 0 Å². The molecule has 0 radical (unpaired) electrons. The maximum atomic E-state index is 12.9. The van der Waals surface area contributed by atoms with Crippen LogP contribution in [0.3, 0.4) is 0 Å². The third-order valence-electron chi connectivity index (χ3n) is 10.8. The predicted octanol–water partition coefficient (Wildman–Crippen LogP) is 9.60. The number of hydrogen-bond acceptors (Lipinski definition) is 5. The van der Waals surface area contributed by atoms with Crippen LogP contribution in [-0.2, 0) is 6.54 Å². The van der Waals surface area contributed by atoms with Crippen molar-refractivity contribution in [3.05, 3.63) is 130 Å². The summed E-state index contributed by atoms with van der Waals surface area (Å²) in [6.45, 7) is 4.87. The summed E-state index contributed by atoms with van der Waals surface area (Å²) in [4.78, 5) is 40.7. The van der Waals surface area contributed by atoms with Crippen molar-refractivity contribution in [3.8, 4) is 0 Å². The molecule has 9 rings (SSSR count). The van der Waals surface area contributed by atoms with E-state index < -0.39 is 0 Å². The molecular weight excluding hydrogens is 619 g/mol. The maximum absolute atomic E-state index is 12.9. The second kappa shape index (κ2) is 10.9. The Bertz CT molecular complexity index is 2780. The molecule has 6 nitrogen and oxygen atoms in total. The van der Waals surface area contributed by atoms with Crippen molar-refractivity contribution in [3.63, 3.8) is 0 Å².